The lowest BCUT2D eigenvalue weighted by Gasteiger charge is -2.36. The van der Waals surface area contributed by atoms with Crippen molar-refractivity contribution in [2.24, 2.45) is 0 Å². The van der Waals surface area contributed by atoms with E-state index in [1.54, 1.807) is 11.8 Å². The van der Waals surface area contributed by atoms with Crippen LogP contribution in [-0.2, 0) is 57.1 Å². The van der Waals surface area contributed by atoms with Crippen molar-refractivity contribution in [2.75, 3.05) is 89.8 Å². The van der Waals surface area contributed by atoms with Crippen LogP contribution in [0.2, 0.25) is 0 Å². The van der Waals surface area contributed by atoms with Gasteiger partial charge in [0.1, 0.15) is 38.0 Å². The Morgan fingerprint density at radius 1 is 0.369 bits per heavy atom. The quantitative estimate of drug-likeness (QED) is 0.0121. The smallest absolute Gasteiger partial charge is 0.407 e. The van der Waals surface area contributed by atoms with Crippen LogP contribution in [-0.4, -0.2) is 144 Å². The number of carbonyl (C=O) groups excluding carboxylic acids is 6. The number of carbonyl (C=O) groups is 6. The molecule has 0 saturated carbocycles. The molecule has 0 spiro atoms. The summed E-state index contributed by atoms with van der Waals surface area (Å²) in [7, 11) is 0. The molecule has 0 bridgehead atoms. The van der Waals surface area contributed by atoms with Gasteiger partial charge in [0.15, 0.2) is 0 Å². The lowest BCUT2D eigenvalue weighted by atomic mass is 9.84. The summed E-state index contributed by atoms with van der Waals surface area (Å²) in [5, 5.41) is 11.8. The van der Waals surface area contributed by atoms with Crippen LogP contribution in [0.3, 0.4) is 0 Å². The van der Waals surface area contributed by atoms with Crippen LogP contribution >= 0.6 is 23.5 Å². The first-order valence-corrected chi connectivity index (χ1v) is 43.0. The van der Waals surface area contributed by atoms with Gasteiger partial charge in [0.05, 0.1) is 31.2 Å². The molecule has 0 saturated heterocycles. The van der Waals surface area contributed by atoms with Gasteiger partial charge < -0.3 is 54.4 Å². The van der Waals surface area contributed by atoms with Gasteiger partial charge >= 0.3 is 24.1 Å². The van der Waals surface area contributed by atoms with Crippen LogP contribution in [0.4, 0.5) is 9.59 Å². The van der Waals surface area contributed by atoms with Crippen molar-refractivity contribution in [2.45, 2.75) is 190 Å². The minimum Gasteiger partial charge on any atom is -0.462 e. The number of nitrogens with one attached hydrogen (secondary N) is 4. The van der Waals surface area contributed by atoms with E-state index < -0.39 is 41.0 Å². The van der Waals surface area contributed by atoms with E-state index in [0.717, 1.165) is 106 Å². The first-order valence-electron chi connectivity index (χ1n) is 40.8. The van der Waals surface area contributed by atoms with E-state index in [1.807, 2.05) is 115 Å². The first-order chi connectivity index (χ1) is 54.6. The van der Waals surface area contributed by atoms with Gasteiger partial charge in [-0.25, -0.2) is 9.59 Å². The minimum absolute atomic E-state index is 0.0675. The number of benzene rings is 7. The number of alkyl carbamates (subject to hydrolysis) is 2. The number of hydrogen-bond donors (Lipinski definition) is 4. The van der Waals surface area contributed by atoms with Gasteiger partial charge in [-0.3, -0.25) is 19.2 Å². The molecule has 17 nitrogen and oxygen atoms in total. The topological polar surface area (TPSA) is 215 Å². The Morgan fingerprint density at radius 3 is 1.11 bits per heavy atom. The number of fused-ring (bicyclic) bond motifs is 6. The highest BCUT2D eigenvalue weighted by molar-refractivity contribution is 8.00. The van der Waals surface area contributed by atoms with Crippen LogP contribution in [0.25, 0.3) is 22.3 Å². The summed E-state index contributed by atoms with van der Waals surface area (Å²) in [6, 6.07) is 61.3. The Morgan fingerprint density at radius 2 is 0.712 bits per heavy atom. The predicted molar refractivity (Wildman–Crippen MR) is 445 cm³/mol. The first kappa shape index (κ1) is 86.5. The molecule has 4 amide bonds. The molecule has 1 unspecified atom stereocenters. The van der Waals surface area contributed by atoms with E-state index >= 15 is 0 Å². The van der Waals surface area contributed by atoms with Crippen LogP contribution in [0, 0.1) is 0 Å². The molecule has 3 atom stereocenters. The normalized spacial score (nSPS) is 13.0. The van der Waals surface area contributed by atoms with Gasteiger partial charge in [-0.05, 0) is 86.9 Å². The van der Waals surface area contributed by atoms with Crippen LogP contribution in [0.1, 0.15) is 206 Å². The van der Waals surface area contributed by atoms with Crippen molar-refractivity contribution in [1.29, 1.82) is 0 Å². The molecule has 7 aromatic carbocycles. The summed E-state index contributed by atoms with van der Waals surface area (Å²) in [5.74, 6) is -1.21. The number of thioether (sulfide) groups is 2. The fraction of sp³-hybridized carbons (Fsp3) is 0.478. The number of unbranched alkanes of at least 4 members (excludes halogenated alkanes) is 16. The van der Waals surface area contributed by atoms with Crippen molar-refractivity contribution in [3.05, 3.63) is 227 Å². The fourth-order valence-electron chi connectivity index (χ4n) is 14.6. The zero-order chi connectivity index (χ0) is 77.8. The van der Waals surface area contributed by atoms with Crippen molar-refractivity contribution in [3.63, 3.8) is 0 Å². The molecule has 2 aliphatic rings. The molecular formula is C92H118N4O13S2. The van der Waals surface area contributed by atoms with Gasteiger partial charge in [-0.1, -0.05) is 305 Å². The lowest BCUT2D eigenvalue weighted by Crippen LogP contribution is -2.49. The molecule has 0 heterocycles. The summed E-state index contributed by atoms with van der Waals surface area (Å²) in [4.78, 5) is 82.6. The molecule has 0 radical (unpaired) electrons. The van der Waals surface area contributed by atoms with Crippen LogP contribution < -0.4 is 21.3 Å². The van der Waals surface area contributed by atoms with E-state index in [0.29, 0.717) is 71.9 Å². The van der Waals surface area contributed by atoms with E-state index in [2.05, 4.69) is 108 Å². The van der Waals surface area contributed by atoms with Crippen LogP contribution in [0.15, 0.2) is 188 Å². The number of esters is 2. The highest BCUT2D eigenvalue weighted by atomic mass is 32.2. The third-order valence-electron chi connectivity index (χ3n) is 20.5. The van der Waals surface area contributed by atoms with E-state index in [9.17, 15) is 28.8 Å². The van der Waals surface area contributed by atoms with Gasteiger partial charge in [0, 0.05) is 68.2 Å². The van der Waals surface area contributed by atoms with Gasteiger partial charge in [0.2, 0.25) is 11.8 Å². The third kappa shape index (κ3) is 28.3. The van der Waals surface area contributed by atoms with Gasteiger partial charge in [-0.2, -0.15) is 11.8 Å². The van der Waals surface area contributed by atoms with Gasteiger partial charge in [-0.15, -0.1) is 11.8 Å². The number of amides is 4. The molecule has 596 valence electrons. The molecule has 0 aliphatic heterocycles. The van der Waals surface area contributed by atoms with Crippen molar-refractivity contribution >= 4 is 59.5 Å². The standard InChI is InChI=1S/C92H118N4O13S2/c1-3-5-7-9-11-13-15-17-28-54-86(97)106-64-73(109-87(98)55-29-18-16-14-12-10-8-6-4-2)67-110-68-84(95-90(101)107-65-82-78-50-34-30-46-74(78)75-47-31-35-51-79(75)82)88(99)93-56-38-58-103-60-62-105-63-61-104-59-39-57-94-89(100)85(96-91(102)108-66-83-80-52-36-32-48-76(80)77-49-33-37-53-81(77)83)69-111-92(70-40-22-19-23-41-70,71-42-24-20-25-43-71)72-44-26-21-27-45-72/h19-27,30-37,40-53,73,82-85H,3-18,28-29,38-39,54-69H2,1-2H3,(H,93,99)(H,94,100)(H,95,101)(H,96,102)/t73-,84+,85?/m1/s1. The second-order valence-electron chi connectivity index (χ2n) is 28.8. The molecule has 4 N–H and O–H groups in total. The second kappa shape index (κ2) is 49.8. The number of hydrogen-bond acceptors (Lipinski definition) is 15. The van der Waals surface area contributed by atoms with E-state index in [4.69, 9.17) is 33.2 Å². The molecule has 19 heteroatoms. The zero-order valence-corrected chi connectivity index (χ0v) is 67.0. The second-order valence-corrected chi connectivity index (χ2v) is 31.1. The van der Waals surface area contributed by atoms with Crippen LogP contribution in [0.5, 0.6) is 0 Å². The molecule has 0 fully saturated rings. The summed E-state index contributed by atoms with van der Waals surface area (Å²) >= 11 is 2.91. The molecule has 2 aliphatic carbocycles. The van der Waals surface area contributed by atoms with E-state index in [-0.39, 0.29) is 79.7 Å². The summed E-state index contributed by atoms with van der Waals surface area (Å²) in [5.41, 5.74) is 11.8. The molecule has 111 heavy (non-hydrogen) atoms. The Labute approximate surface area is 667 Å². The Balaban J connectivity index is 0.713. The largest absolute Gasteiger partial charge is 0.462 e. The molecular weight excluding hydrogens is 1430 g/mol. The maximum absolute atomic E-state index is 14.4. The fourth-order valence-corrected chi connectivity index (χ4v) is 17.2. The summed E-state index contributed by atoms with van der Waals surface area (Å²) < 4.78 is 40.5. The third-order valence-corrected chi connectivity index (χ3v) is 23.3. The summed E-state index contributed by atoms with van der Waals surface area (Å²) in [6.07, 6.45) is 19.6. The highest BCUT2D eigenvalue weighted by Gasteiger charge is 2.40. The minimum atomic E-state index is -1.02. The average molecular weight is 1550 g/mol. The Kier molecular flexibility index (Phi) is 38.8. The van der Waals surface area contributed by atoms with Crippen molar-refractivity contribution in [1.82, 2.24) is 21.3 Å². The molecule has 9 rings (SSSR count). The highest BCUT2D eigenvalue weighted by Crippen LogP contribution is 2.50. The predicted octanol–water partition coefficient (Wildman–Crippen LogP) is 18.6. The van der Waals surface area contributed by atoms with Crippen molar-refractivity contribution in [3.8, 4) is 22.3 Å². The SMILES string of the molecule is CCCCCCCCCCCC(=O)OC[C@H](CSC[C@H](NC(=O)OCC1c2ccccc2-c2ccccc21)C(=O)NCCCOCCOCCOCCCNC(=O)C(CSC(c1ccccc1)(c1ccccc1)c1ccccc1)NC(=O)OCC1c2ccccc2-c2ccccc21)OC(=O)CCCCCCCCCCC. The van der Waals surface area contributed by atoms with E-state index in [1.165, 1.54) is 76.0 Å². The lowest BCUT2D eigenvalue weighted by molar-refractivity contribution is -0.157. The zero-order valence-electron chi connectivity index (χ0n) is 65.4. The average Bonchev–Trinajstić information content (AvgIpc) is 1.60. The van der Waals surface area contributed by atoms with Crippen molar-refractivity contribution < 1.29 is 61.9 Å². The maximum atomic E-state index is 14.4. The molecule has 0 aromatic heterocycles. The number of rotatable bonds is 55. The summed E-state index contributed by atoms with van der Waals surface area (Å²) in [6.45, 7) is 7.04. The maximum Gasteiger partial charge on any atom is 0.407 e. The Bertz CT molecular complexity index is 3700. The number of ether oxygens (including phenoxy) is 7. The molecule has 7 aromatic rings. The van der Waals surface area contributed by atoms with Gasteiger partial charge in [0.25, 0.3) is 0 Å². The monoisotopic (exact) mass is 1550 g/mol. The Hall–Kier alpha value is -8.46.